The summed E-state index contributed by atoms with van der Waals surface area (Å²) in [5.41, 5.74) is 1.39. The van der Waals surface area contributed by atoms with Crippen LogP contribution in [0.5, 0.6) is 17.2 Å². The van der Waals surface area contributed by atoms with Gasteiger partial charge < -0.3 is 14.2 Å². The number of halogens is 1. The molecule has 0 aliphatic heterocycles. The van der Waals surface area contributed by atoms with Crippen LogP contribution >= 0.6 is 11.8 Å². The fourth-order valence-corrected chi connectivity index (χ4v) is 3.43. The smallest absolute Gasteiger partial charge is 0.332 e. The molecule has 0 saturated carbocycles. The van der Waals surface area contributed by atoms with Crippen molar-refractivity contribution in [1.82, 2.24) is 0 Å². The van der Waals surface area contributed by atoms with Gasteiger partial charge in [-0.1, -0.05) is 26.8 Å². The number of benzene rings is 2. The molecule has 2 rings (SSSR count). The van der Waals surface area contributed by atoms with E-state index in [9.17, 15) is 14.0 Å². The Labute approximate surface area is 180 Å². The first-order chi connectivity index (χ1) is 14.1. The number of hydrogen-bond acceptors (Lipinski definition) is 6. The second kappa shape index (κ2) is 10.5. The lowest BCUT2D eigenvalue weighted by molar-refractivity contribution is -0.142. The van der Waals surface area contributed by atoms with Crippen molar-refractivity contribution in [2.45, 2.75) is 44.6 Å². The lowest BCUT2D eigenvalue weighted by Crippen LogP contribution is -2.08. The van der Waals surface area contributed by atoms with Gasteiger partial charge in [-0.25, -0.2) is 0 Å². The Balaban J connectivity index is 2.37. The molecular weight excluding hydrogens is 407 g/mol. The first-order valence-corrected chi connectivity index (χ1v) is 10.6. The van der Waals surface area contributed by atoms with Crippen molar-refractivity contribution < 1.29 is 28.2 Å². The molecule has 0 heterocycles. The third-order valence-electron chi connectivity index (χ3n) is 4.05. The fourth-order valence-electron chi connectivity index (χ4n) is 2.62. The minimum Gasteiger partial charge on any atom is -0.493 e. The molecule has 162 valence electrons. The van der Waals surface area contributed by atoms with Crippen molar-refractivity contribution in [3.63, 3.8) is 0 Å². The Hall–Kier alpha value is -2.54. The van der Waals surface area contributed by atoms with Crippen molar-refractivity contribution in [3.8, 4) is 17.2 Å². The van der Waals surface area contributed by atoms with E-state index >= 15 is 0 Å². The van der Waals surface area contributed by atoms with E-state index in [0.29, 0.717) is 40.7 Å². The van der Waals surface area contributed by atoms with Crippen LogP contribution in [0.4, 0.5) is 4.39 Å². The fraction of sp³-hybridized carbons (Fsp3) is 0.391. The minimum absolute atomic E-state index is 0.0186. The molecule has 0 bridgehead atoms. The number of thioether (sulfide) groups is 1. The number of methoxy groups -OCH3 is 1. The standard InChI is InChI=1S/C23H27FO5S/c1-6-28-21(25)12-15-7-9-19(27-5)20(11-15)29-18-10-8-16(22(24)26)13-17(18)14-30-23(2,3)4/h7-11,13H,6,12,14H2,1-5H3. The Morgan fingerprint density at radius 2 is 1.73 bits per heavy atom. The molecule has 0 aliphatic rings. The van der Waals surface area contributed by atoms with E-state index in [1.807, 2.05) is 0 Å². The van der Waals surface area contributed by atoms with Gasteiger partial charge >= 0.3 is 12.0 Å². The van der Waals surface area contributed by atoms with Crippen LogP contribution in [0, 0.1) is 0 Å². The van der Waals surface area contributed by atoms with Crippen LogP contribution in [0.25, 0.3) is 0 Å². The van der Waals surface area contributed by atoms with Crippen molar-refractivity contribution in [3.05, 3.63) is 53.1 Å². The molecule has 0 fully saturated rings. The molecule has 0 N–H and O–H groups in total. The van der Waals surface area contributed by atoms with Gasteiger partial charge in [0.05, 0.1) is 25.7 Å². The topological polar surface area (TPSA) is 61.8 Å². The summed E-state index contributed by atoms with van der Waals surface area (Å²) < 4.78 is 29.7. The highest BCUT2D eigenvalue weighted by atomic mass is 32.2. The molecule has 0 radical (unpaired) electrons. The van der Waals surface area contributed by atoms with Crippen LogP contribution in [-0.4, -0.2) is 30.5 Å². The van der Waals surface area contributed by atoms with Gasteiger partial charge in [-0.15, -0.1) is 0 Å². The molecule has 7 heteroatoms. The SMILES string of the molecule is CCOC(=O)Cc1ccc(OC)c(Oc2ccc(C(=O)F)cc2CSC(C)(C)C)c1. The maximum atomic E-state index is 13.3. The van der Waals surface area contributed by atoms with E-state index in [-0.39, 0.29) is 22.7 Å². The largest absolute Gasteiger partial charge is 0.493 e. The Bertz CT molecular complexity index is 905. The van der Waals surface area contributed by atoms with Gasteiger partial charge in [0.1, 0.15) is 5.75 Å². The summed E-state index contributed by atoms with van der Waals surface area (Å²) in [6.07, 6.45) is 0.107. The Morgan fingerprint density at radius 3 is 2.33 bits per heavy atom. The summed E-state index contributed by atoms with van der Waals surface area (Å²) in [7, 11) is 1.52. The van der Waals surface area contributed by atoms with E-state index in [1.54, 1.807) is 43.0 Å². The van der Waals surface area contributed by atoms with E-state index in [4.69, 9.17) is 14.2 Å². The van der Waals surface area contributed by atoms with Crippen molar-refractivity contribution >= 4 is 23.8 Å². The van der Waals surface area contributed by atoms with Crippen molar-refractivity contribution in [2.75, 3.05) is 13.7 Å². The van der Waals surface area contributed by atoms with E-state index in [1.165, 1.54) is 19.2 Å². The summed E-state index contributed by atoms with van der Waals surface area (Å²) in [4.78, 5) is 23.0. The second-order valence-electron chi connectivity index (χ2n) is 7.57. The first-order valence-electron chi connectivity index (χ1n) is 9.60. The Kier molecular flexibility index (Phi) is 8.29. The highest BCUT2D eigenvalue weighted by molar-refractivity contribution is 7.99. The van der Waals surface area contributed by atoms with E-state index in [0.717, 1.165) is 0 Å². The number of ether oxygens (including phenoxy) is 3. The number of hydrogen-bond donors (Lipinski definition) is 0. The highest BCUT2D eigenvalue weighted by Crippen LogP contribution is 2.37. The normalized spacial score (nSPS) is 11.1. The van der Waals surface area contributed by atoms with Crippen LogP contribution < -0.4 is 9.47 Å². The van der Waals surface area contributed by atoms with Crippen molar-refractivity contribution in [2.24, 2.45) is 0 Å². The summed E-state index contributed by atoms with van der Waals surface area (Å²) >= 11 is 1.65. The minimum atomic E-state index is -1.49. The van der Waals surface area contributed by atoms with Gasteiger partial charge in [-0.2, -0.15) is 16.2 Å². The lowest BCUT2D eigenvalue weighted by Gasteiger charge is -2.20. The molecule has 5 nitrogen and oxygen atoms in total. The molecule has 0 saturated heterocycles. The summed E-state index contributed by atoms with van der Waals surface area (Å²) in [6, 6.07) is 8.17. The monoisotopic (exact) mass is 434 g/mol. The summed E-state index contributed by atoms with van der Waals surface area (Å²) in [5.74, 6) is 1.60. The maximum Gasteiger partial charge on any atom is 0.332 e. The van der Waals surface area contributed by atoms with Gasteiger partial charge in [0.25, 0.3) is 0 Å². The van der Waals surface area contributed by atoms with Crippen LogP contribution in [0.15, 0.2) is 36.4 Å². The average molecular weight is 435 g/mol. The van der Waals surface area contributed by atoms with Gasteiger partial charge in [-0.05, 0) is 42.8 Å². The molecule has 0 amide bonds. The molecule has 2 aromatic rings. The maximum absolute atomic E-state index is 13.3. The zero-order valence-electron chi connectivity index (χ0n) is 17.9. The molecule has 0 aromatic heterocycles. The number of rotatable bonds is 9. The summed E-state index contributed by atoms with van der Waals surface area (Å²) in [5, 5.41) is 0. The van der Waals surface area contributed by atoms with Crippen LogP contribution in [0.2, 0.25) is 0 Å². The molecule has 2 aromatic carbocycles. The quantitative estimate of drug-likeness (QED) is 0.371. The molecule has 0 unspecified atom stereocenters. The predicted octanol–water partition coefficient (Wildman–Crippen LogP) is 5.73. The number of carbonyl (C=O) groups excluding carboxylic acids is 2. The van der Waals surface area contributed by atoms with E-state index < -0.39 is 6.04 Å². The second-order valence-corrected chi connectivity index (χ2v) is 9.37. The first kappa shape index (κ1) is 23.7. The number of esters is 1. The Morgan fingerprint density at radius 1 is 1.03 bits per heavy atom. The predicted molar refractivity (Wildman–Crippen MR) is 116 cm³/mol. The molecular formula is C23H27FO5S. The third-order valence-corrected chi connectivity index (χ3v) is 5.37. The number of carbonyl (C=O) groups is 2. The zero-order chi connectivity index (χ0) is 22.3. The highest BCUT2D eigenvalue weighted by Gasteiger charge is 2.17. The van der Waals surface area contributed by atoms with Gasteiger partial charge in [0.15, 0.2) is 11.5 Å². The molecule has 30 heavy (non-hydrogen) atoms. The van der Waals surface area contributed by atoms with Crippen LogP contribution in [-0.2, 0) is 21.7 Å². The van der Waals surface area contributed by atoms with Crippen molar-refractivity contribution in [1.29, 1.82) is 0 Å². The van der Waals surface area contributed by atoms with Crippen LogP contribution in [0.3, 0.4) is 0 Å². The van der Waals surface area contributed by atoms with Crippen LogP contribution in [0.1, 0.15) is 49.2 Å². The average Bonchev–Trinajstić information content (AvgIpc) is 2.66. The van der Waals surface area contributed by atoms with Gasteiger partial charge in [-0.3, -0.25) is 9.59 Å². The molecule has 0 aliphatic carbocycles. The summed E-state index contributed by atoms with van der Waals surface area (Å²) in [6.45, 7) is 8.29. The zero-order valence-corrected chi connectivity index (χ0v) is 18.7. The third kappa shape index (κ3) is 7.06. The molecule has 0 atom stereocenters. The van der Waals surface area contributed by atoms with Gasteiger partial charge in [0, 0.05) is 16.1 Å². The van der Waals surface area contributed by atoms with E-state index in [2.05, 4.69) is 20.8 Å². The lowest BCUT2D eigenvalue weighted by atomic mass is 10.1. The van der Waals surface area contributed by atoms with Gasteiger partial charge in [0.2, 0.25) is 0 Å². The molecule has 0 spiro atoms.